The summed E-state index contributed by atoms with van der Waals surface area (Å²) in [6.07, 6.45) is 1.40. The Morgan fingerprint density at radius 2 is 0.979 bits per heavy atom. The molecule has 4 heterocycles. The fourth-order valence-corrected chi connectivity index (χ4v) is 8.09. The maximum atomic E-state index is 14.4. The van der Waals surface area contributed by atoms with Crippen LogP contribution in [0.15, 0.2) is 97.3 Å². The lowest BCUT2D eigenvalue weighted by molar-refractivity contribution is -0.535. The van der Waals surface area contributed by atoms with E-state index in [9.17, 15) is 10.2 Å². The number of rotatable bonds is 4. The Hall–Kier alpha value is -5.18. The van der Waals surface area contributed by atoms with Crippen molar-refractivity contribution < 1.29 is 10.2 Å². The number of anilines is 4. The molecule has 0 amide bonds. The Labute approximate surface area is 279 Å². The van der Waals surface area contributed by atoms with Gasteiger partial charge in [0.1, 0.15) is 11.3 Å². The minimum Gasteiger partial charge on any atom is -0.851 e. The Bertz CT molecular complexity index is 2080. The molecule has 0 bridgehead atoms. The van der Waals surface area contributed by atoms with Crippen molar-refractivity contribution in [1.82, 2.24) is 9.97 Å². The Balaban J connectivity index is 1.13. The molecule has 0 saturated heterocycles. The number of nitrogens with zero attached hydrogens (tertiary/aromatic N) is 2. The third-order valence-corrected chi connectivity index (χ3v) is 10.1. The number of nitrogens with one attached hydrogen (secondary N) is 4. The molecule has 3 aliphatic rings. The minimum absolute atomic E-state index is 0.492. The van der Waals surface area contributed by atoms with Crippen molar-refractivity contribution in [2.45, 2.75) is 63.1 Å². The average Bonchev–Trinajstić information content (AvgIpc) is 3.06. The number of hydrogen-bond donors (Lipinski definition) is 4. The zero-order valence-electron chi connectivity index (χ0n) is 27.3. The van der Waals surface area contributed by atoms with Crippen molar-refractivity contribution in [3.8, 4) is 22.5 Å². The fourth-order valence-electron chi connectivity index (χ4n) is 8.09. The highest BCUT2D eigenvalue weighted by atomic mass is 16.3. The molecule has 2 aliphatic heterocycles. The summed E-state index contributed by atoms with van der Waals surface area (Å²) in [7, 11) is 0. The van der Waals surface area contributed by atoms with Crippen molar-refractivity contribution in [2.24, 2.45) is 0 Å². The van der Waals surface area contributed by atoms with Gasteiger partial charge in [-0.3, -0.25) is 9.97 Å². The third-order valence-electron chi connectivity index (χ3n) is 10.1. The van der Waals surface area contributed by atoms with Gasteiger partial charge in [-0.2, -0.15) is 0 Å². The van der Waals surface area contributed by atoms with E-state index in [4.69, 9.17) is 0 Å². The normalized spacial score (nSPS) is 23.0. The second-order valence-electron chi connectivity index (χ2n) is 14.5. The first kappa shape index (κ1) is 29.0. The molecule has 8 heteroatoms. The van der Waals surface area contributed by atoms with Crippen molar-refractivity contribution in [3.05, 3.63) is 108 Å². The average molecular weight is 633 g/mol. The lowest BCUT2D eigenvalue weighted by atomic mass is 9.62. The van der Waals surface area contributed by atoms with Gasteiger partial charge in [-0.25, -0.2) is 0 Å². The summed E-state index contributed by atoms with van der Waals surface area (Å²) < 4.78 is 0. The maximum absolute atomic E-state index is 14.4. The summed E-state index contributed by atoms with van der Waals surface area (Å²) in [6, 6.07) is 28.3. The number of pyridine rings is 2. The van der Waals surface area contributed by atoms with Crippen LogP contribution in [0.25, 0.3) is 44.1 Å². The molecule has 1 fully saturated rings. The Morgan fingerprint density at radius 3 is 1.38 bits per heavy atom. The molecule has 48 heavy (non-hydrogen) atoms. The molecule has 240 valence electrons. The maximum Gasteiger partial charge on any atom is 0.102 e. The molecule has 4 N–H and O–H groups in total. The zero-order chi connectivity index (χ0) is 32.9. The smallest absolute Gasteiger partial charge is 0.102 e. The van der Waals surface area contributed by atoms with Crippen molar-refractivity contribution >= 4 is 44.3 Å². The lowest BCUT2D eigenvalue weighted by Gasteiger charge is -2.62. The molecule has 0 radical (unpaired) electrons. The van der Waals surface area contributed by atoms with E-state index < -0.39 is 35.4 Å². The van der Waals surface area contributed by atoms with Gasteiger partial charge >= 0.3 is 0 Å². The van der Waals surface area contributed by atoms with Gasteiger partial charge in [-0.05, 0) is 110 Å². The fraction of sp³-hybridized carbons (Fsp3) is 0.250. The predicted octanol–water partition coefficient (Wildman–Crippen LogP) is 6.60. The number of benzene rings is 4. The van der Waals surface area contributed by atoms with E-state index in [0.717, 1.165) is 77.9 Å². The van der Waals surface area contributed by atoms with Crippen LogP contribution >= 0.6 is 0 Å². The molecule has 1 aliphatic carbocycles. The molecule has 4 aromatic carbocycles. The highest BCUT2D eigenvalue weighted by Gasteiger charge is 2.43. The van der Waals surface area contributed by atoms with E-state index in [1.165, 1.54) is 0 Å². The topological polar surface area (TPSA) is 120 Å². The highest BCUT2D eigenvalue weighted by Crippen LogP contribution is 2.54. The molecule has 0 unspecified atom stereocenters. The summed E-state index contributed by atoms with van der Waals surface area (Å²) in [5.74, 6) is -1.36. The summed E-state index contributed by atoms with van der Waals surface area (Å²) in [6.45, 7) is 8.27. The van der Waals surface area contributed by atoms with Crippen LogP contribution in [0, 0.1) is 0 Å². The van der Waals surface area contributed by atoms with Gasteiger partial charge in [0.2, 0.25) is 0 Å². The predicted molar refractivity (Wildman–Crippen MR) is 190 cm³/mol. The van der Waals surface area contributed by atoms with E-state index in [-0.39, 0.29) is 0 Å². The van der Waals surface area contributed by atoms with Crippen LogP contribution in [0.3, 0.4) is 0 Å². The summed E-state index contributed by atoms with van der Waals surface area (Å²) in [5.41, 5.74) is 8.08. The minimum atomic E-state index is -1.10. The van der Waals surface area contributed by atoms with E-state index in [1.54, 1.807) is 12.4 Å². The van der Waals surface area contributed by atoms with E-state index >= 15 is 0 Å². The van der Waals surface area contributed by atoms with Crippen molar-refractivity contribution in [1.29, 1.82) is 0 Å². The van der Waals surface area contributed by atoms with E-state index in [1.807, 2.05) is 60.7 Å². The van der Waals surface area contributed by atoms with Crippen LogP contribution in [0.2, 0.25) is 0 Å². The van der Waals surface area contributed by atoms with Crippen LogP contribution < -0.4 is 31.5 Å². The molecular weight excluding hydrogens is 596 g/mol. The van der Waals surface area contributed by atoms with Gasteiger partial charge < -0.3 is 31.5 Å². The number of hydrogen-bond acceptors (Lipinski definition) is 8. The molecular formula is C40H36N6O2-2. The third kappa shape index (κ3) is 4.43. The molecule has 1 saturated carbocycles. The van der Waals surface area contributed by atoms with Gasteiger partial charge in [-0.15, -0.1) is 12.2 Å². The SMILES string of the molecule is CC1(C)Nc2cc(-c3ccccn3)cc3ccc(C4C([O-])C(c5ccc6cc(-c7ccccn7)cc7c6c5NC(C)(C)N7)C4[O-])c(c23)N1. The zero-order valence-corrected chi connectivity index (χ0v) is 27.3. The van der Waals surface area contributed by atoms with Crippen LogP contribution in [-0.4, -0.2) is 33.5 Å². The van der Waals surface area contributed by atoms with E-state index in [2.05, 4.69) is 83.2 Å². The molecule has 0 atom stereocenters. The standard InChI is InChI=1S/C40H36N6O2/c1-39(2)43-29-19-23(27-9-5-7-15-41-27)17-21-11-13-25(35(45-39)31(21)29)33-37(47)34(38(33)48)26-14-12-22-18-24(28-10-6-8-16-42-28)20-30-32(22)36(26)46-40(3,4)44-30/h5-20,33-34,37-38,43-46H,1-4H3/q-2. The first-order valence-electron chi connectivity index (χ1n) is 16.6. The monoisotopic (exact) mass is 632 g/mol. The van der Waals surface area contributed by atoms with Crippen LogP contribution in [-0.2, 0) is 0 Å². The second-order valence-corrected chi connectivity index (χ2v) is 14.5. The quantitative estimate of drug-likeness (QED) is 0.172. The van der Waals surface area contributed by atoms with Gasteiger partial charge in [0.25, 0.3) is 0 Å². The first-order valence-corrected chi connectivity index (χ1v) is 16.6. The highest BCUT2D eigenvalue weighted by molar-refractivity contribution is 6.10. The molecule has 2 aromatic heterocycles. The first-order chi connectivity index (χ1) is 23.1. The summed E-state index contributed by atoms with van der Waals surface area (Å²) >= 11 is 0. The second kappa shape index (κ2) is 10.2. The van der Waals surface area contributed by atoms with Crippen LogP contribution in [0.1, 0.15) is 50.7 Å². The van der Waals surface area contributed by atoms with Crippen LogP contribution in [0.5, 0.6) is 0 Å². The Morgan fingerprint density at radius 1 is 0.542 bits per heavy atom. The lowest BCUT2D eigenvalue weighted by Crippen LogP contribution is -2.64. The van der Waals surface area contributed by atoms with Gasteiger partial charge in [0, 0.05) is 57.0 Å². The van der Waals surface area contributed by atoms with E-state index in [0.29, 0.717) is 0 Å². The largest absolute Gasteiger partial charge is 0.851 e. The molecule has 6 aromatic rings. The van der Waals surface area contributed by atoms with Gasteiger partial charge in [0.05, 0.1) is 11.4 Å². The van der Waals surface area contributed by atoms with Gasteiger partial charge in [-0.1, -0.05) is 36.4 Å². The number of aromatic nitrogens is 2. The Kier molecular flexibility index (Phi) is 6.14. The summed E-state index contributed by atoms with van der Waals surface area (Å²) in [4.78, 5) is 9.13. The van der Waals surface area contributed by atoms with Gasteiger partial charge in [0.15, 0.2) is 0 Å². The summed E-state index contributed by atoms with van der Waals surface area (Å²) in [5, 5.41) is 47.3. The van der Waals surface area contributed by atoms with Crippen molar-refractivity contribution in [2.75, 3.05) is 21.3 Å². The van der Waals surface area contributed by atoms with Crippen molar-refractivity contribution in [3.63, 3.8) is 0 Å². The molecule has 8 nitrogen and oxygen atoms in total. The molecule has 0 spiro atoms. The van der Waals surface area contributed by atoms with Crippen LogP contribution in [0.4, 0.5) is 22.7 Å². The molecule has 9 rings (SSSR count).